The minimum Gasteiger partial charge on any atom is -0.486 e. The molecule has 1 aliphatic rings. The molecule has 1 saturated heterocycles. The van der Waals surface area contributed by atoms with Crippen LogP contribution in [-0.4, -0.2) is 30.4 Å². The van der Waals surface area contributed by atoms with Crippen molar-refractivity contribution in [3.8, 4) is 5.75 Å². The second-order valence-corrected chi connectivity index (χ2v) is 11.4. The van der Waals surface area contributed by atoms with Crippen molar-refractivity contribution >= 4 is 27.5 Å². The summed E-state index contributed by atoms with van der Waals surface area (Å²) in [6.07, 6.45) is 5.18. The van der Waals surface area contributed by atoms with Crippen LogP contribution in [0.3, 0.4) is 0 Å². The Morgan fingerprint density at radius 3 is 2.42 bits per heavy atom. The number of carbonyl (C=O) groups excluding carboxylic acids is 1. The lowest BCUT2D eigenvalue weighted by atomic mass is 9.89. The Morgan fingerprint density at radius 1 is 1.03 bits per heavy atom. The molecular weight excluding hydrogens is 543 g/mol. The second kappa shape index (κ2) is 13.9. The number of nitrogens with one attached hydrogen (secondary N) is 1. The van der Waals surface area contributed by atoms with Gasteiger partial charge in [0.05, 0.1) is 0 Å². The van der Waals surface area contributed by atoms with Crippen LogP contribution in [0.5, 0.6) is 5.75 Å². The molecule has 4 rings (SSSR count). The summed E-state index contributed by atoms with van der Waals surface area (Å²) in [5, 5.41) is 3.02. The van der Waals surface area contributed by atoms with Crippen molar-refractivity contribution in [1.29, 1.82) is 0 Å². The zero-order valence-corrected chi connectivity index (χ0v) is 23.9. The Balaban J connectivity index is 1.24. The van der Waals surface area contributed by atoms with Gasteiger partial charge in [-0.2, -0.15) is 0 Å². The molecule has 0 radical (unpaired) electrons. The fraction of sp³-hybridized carbons (Fsp3) is 0.406. The van der Waals surface area contributed by atoms with Gasteiger partial charge >= 0.3 is 0 Å². The third-order valence-electron chi connectivity index (χ3n) is 7.26. The maximum absolute atomic E-state index is 13.5. The number of nitrogens with zero attached hydrogens (tertiary/aromatic N) is 1. The Hall–Kier alpha value is -2.70. The van der Waals surface area contributed by atoms with Crippen molar-refractivity contribution in [2.75, 3.05) is 25.0 Å². The summed E-state index contributed by atoms with van der Waals surface area (Å²) < 4.78 is 20.8. The number of hydrogen-bond donors (Lipinski definition) is 1. The molecule has 0 saturated carbocycles. The maximum Gasteiger partial charge on any atom is 0.226 e. The first-order valence-corrected chi connectivity index (χ1v) is 14.5. The van der Waals surface area contributed by atoms with Crippen LogP contribution in [-0.2, 0) is 4.79 Å². The van der Waals surface area contributed by atoms with Gasteiger partial charge in [-0.25, -0.2) is 4.39 Å². The molecule has 1 heterocycles. The molecule has 3 aromatic rings. The molecule has 1 N–H and O–H groups in total. The highest BCUT2D eigenvalue weighted by atomic mass is 79.9. The van der Waals surface area contributed by atoms with Crippen molar-refractivity contribution in [3.63, 3.8) is 0 Å². The first kappa shape index (κ1) is 28.3. The molecule has 1 unspecified atom stereocenters. The molecular formula is C32H38BrFN2O2. The van der Waals surface area contributed by atoms with Crippen LogP contribution in [0.25, 0.3) is 0 Å². The third-order valence-corrected chi connectivity index (χ3v) is 7.79. The van der Waals surface area contributed by atoms with E-state index in [1.54, 1.807) is 0 Å². The Morgan fingerprint density at radius 2 is 1.74 bits per heavy atom. The van der Waals surface area contributed by atoms with Crippen LogP contribution < -0.4 is 10.1 Å². The molecule has 0 aromatic heterocycles. The van der Waals surface area contributed by atoms with Crippen molar-refractivity contribution in [2.45, 2.75) is 58.0 Å². The maximum atomic E-state index is 13.5. The van der Waals surface area contributed by atoms with Gasteiger partial charge in [-0.1, -0.05) is 54.0 Å². The first-order chi connectivity index (χ1) is 18.4. The smallest absolute Gasteiger partial charge is 0.226 e. The van der Waals surface area contributed by atoms with E-state index < -0.39 is 0 Å². The highest BCUT2D eigenvalue weighted by Crippen LogP contribution is 2.31. The number of benzene rings is 3. The number of unbranched alkanes of at least 4 members (excludes halogenated alkanes) is 1. The highest BCUT2D eigenvalue weighted by Gasteiger charge is 2.21. The van der Waals surface area contributed by atoms with Gasteiger partial charge in [-0.15, -0.1) is 0 Å². The van der Waals surface area contributed by atoms with Gasteiger partial charge in [0.1, 0.15) is 17.7 Å². The van der Waals surface area contributed by atoms with Crippen LogP contribution in [0, 0.1) is 11.7 Å². The molecule has 1 aliphatic heterocycles. The topological polar surface area (TPSA) is 41.6 Å². The van der Waals surface area contributed by atoms with E-state index in [4.69, 9.17) is 4.74 Å². The van der Waals surface area contributed by atoms with Crippen molar-refractivity contribution in [2.24, 2.45) is 5.92 Å². The number of ether oxygens (including phenoxy) is 1. The third kappa shape index (κ3) is 8.40. The number of likely N-dealkylation sites (tertiary alicyclic amines) is 1. The van der Waals surface area contributed by atoms with E-state index in [1.807, 2.05) is 62.4 Å². The molecule has 38 heavy (non-hydrogen) atoms. The SMILES string of the molecule is CC(C)C(=O)Nc1cccc(C2CCN(CCCCC(Oc3ccc(Br)cc3)c3ccc(F)cc3)CC2)c1. The predicted octanol–water partition coefficient (Wildman–Crippen LogP) is 8.35. The monoisotopic (exact) mass is 580 g/mol. The Kier molecular flexibility index (Phi) is 10.4. The van der Waals surface area contributed by atoms with Crippen LogP contribution in [0.4, 0.5) is 10.1 Å². The largest absolute Gasteiger partial charge is 0.486 e. The van der Waals surface area contributed by atoms with Crippen LogP contribution in [0.15, 0.2) is 77.3 Å². The molecule has 0 aliphatic carbocycles. The second-order valence-electron chi connectivity index (χ2n) is 10.5. The van der Waals surface area contributed by atoms with Gasteiger partial charge in [-0.05, 0) is 117 Å². The van der Waals surface area contributed by atoms with E-state index in [2.05, 4.69) is 38.3 Å². The van der Waals surface area contributed by atoms with E-state index in [-0.39, 0.29) is 23.7 Å². The van der Waals surface area contributed by atoms with Crippen LogP contribution in [0.2, 0.25) is 0 Å². The number of piperidine rings is 1. The summed E-state index contributed by atoms with van der Waals surface area (Å²) in [5.41, 5.74) is 3.21. The summed E-state index contributed by atoms with van der Waals surface area (Å²) in [6, 6.07) is 22.9. The van der Waals surface area contributed by atoms with Gasteiger partial charge in [0, 0.05) is 16.1 Å². The fourth-order valence-electron chi connectivity index (χ4n) is 4.96. The molecule has 202 valence electrons. The summed E-state index contributed by atoms with van der Waals surface area (Å²) in [5.74, 6) is 1.15. The molecule has 1 atom stereocenters. The minimum atomic E-state index is -0.230. The number of rotatable bonds is 11. The fourth-order valence-corrected chi connectivity index (χ4v) is 5.22. The highest BCUT2D eigenvalue weighted by molar-refractivity contribution is 9.10. The zero-order chi connectivity index (χ0) is 26.9. The van der Waals surface area contributed by atoms with E-state index in [1.165, 1.54) is 17.7 Å². The normalized spacial score (nSPS) is 15.4. The van der Waals surface area contributed by atoms with Crippen LogP contribution >= 0.6 is 15.9 Å². The van der Waals surface area contributed by atoms with Gasteiger partial charge in [-0.3, -0.25) is 4.79 Å². The molecule has 3 aromatic carbocycles. The molecule has 0 spiro atoms. The van der Waals surface area contributed by atoms with Crippen molar-refractivity contribution in [1.82, 2.24) is 4.90 Å². The lowest BCUT2D eigenvalue weighted by Gasteiger charge is -2.32. The number of carbonyl (C=O) groups is 1. The summed E-state index contributed by atoms with van der Waals surface area (Å²) in [7, 11) is 0. The Labute approximate surface area is 234 Å². The van der Waals surface area contributed by atoms with Gasteiger partial charge in [0.15, 0.2) is 0 Å². The number of anilines is 1. The van der Waals surface area contributed by atoms with E-state index >= 15 is 0 Å². The number of hydrogen-bond acceptors (Lipinski definition) is 3. The van der Waals surface area contributed by atoms with E-state index in [0.717, 1.165) is 73.2 Å². The minimum absolute atomic E-state index is 0.0276. The lowest BCUT2D eigenvalue weighted by molar-refractivity contribution is -0.118. The summed E-state index contributed by atoms with van der Waals surface area (Å²) in [4.78, 5) is 14.6. The van der Waals surface area contributed by atoms with E-state index in [9.17, 15) is 9.18 Å². The summed E-state index contributed by atoms with van der Waals surface area (Å²) >= 11 is 3.47. The molecule has 1 fully saturated rings. The van der Waals surface area contributed by atoms with Crippen molar-refractivity contribution < 1.29 is 13.9 Å². The Bertz CT molecular complexity index is 1160. The van der Waals surface area contributed by atoms with Gasteiger partial charge < -0.3 is 15.0 Å². The van der Waals surface area contributed by atoms with E-state index in [0.29, 0.717) is 5.92 Å². The molecule has 1 amide bonds. The number of amides is 1. The number of halogens is 2. The molecule has 0 bridgehead atoms. The standard InChI is InChI=1S/C32H38BrFN2O2/c1-23(2)32(37)35-29-7-5-6-26(22-29)24-17-20-36(21-18-24)19-4-3-8-31(25-9-13-28(34)14-10-25)38-30-15-11-27(33)12-16-30/h5-7,9-16,22-24,31H,3-4,8,17-21H2,1-2H3,(H,35,37). The zero-order valence-electron chi connectivity index (χ0n) is 22.3. The molecule has 6 heteroatoms. The lowest BCUT2D eigenvalue weighted by Crippen LogP contribution is -2.33. The van der Waals surface area contributed by atoms with Crippen LogP contribution in [0.1, 0.15) is 69.1 Å². The first-order valence-electron chi connectivity index (χ1n) is 13.7. The molecule has 4 nitrogen and oxygen atoms in total. The van der Waals surface area contributed by atoms with Gasteiger partial charge in [0.2, 0.25) is 5.91 Å². The average molecular weight is 582 g/mol. The average Bonchev–Trinajstić information content (AvgIpc) is 2.92. The quantitative estimate of drug-likeness (QED) is 0.232. The summed E-state index contributed by atoms with van der Waals surface area (Å²) in [6.45, 7) is 7.07. The van der Waals surface area contributed by atoms with Gasteiger partial charge in [0.25, 0.3) is 0 Å². The predicted molar refractivity (Wildman–Crippen MR) is 156 cm³/mol. The van der Waals surface area contributed by atoms with Crippen molar-refractivity contribution in [3.05, 3.63) is 94.2 Å².